The van der Waals surface area contributed by atoms with Crippen LogP contribution >= 0.6 is 11.3 Å². The van der Waals surface area contributed by atoms with E-state index in [1.807, 2.05) is 17.7 Å². The summed E-state index contributed by atoms with van der Waals surface area (Å²) in [5.74, 6) is 1.61. The average molecular weight is 338 g/mol. The SMILES string of the molecule is c1ccc(Cn2cnnc2[C@H]2CCCN(Cc3cccs3)C2)cc1. The number of hydrogen-bond acceptors (Lipinski definition) is 4. The number of nitrogens with zero attached hydrogens (tertiary/aromatic N) is 4. The van der Waals surface area contributed by atoms with Crippen molar-refractivity contribution in [2.75, 3.05) is 13.1 Å². The van der Waals surface area contributed by atoms with Crippen molar-refractivity contribution in [2.24, 2.45) is 0 Å². The van der Waals surface area contributed by atoms with Gasteiger partial charge in [0.2, 0.25) is 0 Å². The first-order chi connectivity index (χ1) is 11.9. The fourth-order valence-corrected chi connectivity index (χ4v) is 4.26. The molecule has 0 aliphatic carbocycles. The van der Waals surface area contributed by atoms with Crippen LogP contribution in [0.5, 0.6) is 0 Å². The van der Waals surface area contributed by atoms with E-state index in [0.29, 0.717) is 5.92 Å². The van der Waals surface area contributed by atoms with Gasteiger partial charge in [0.05, 0.1) is 6.54 Å². The van der Waals surface area contributed by atoms with Crippen LogP contribution < -0.4 is 0 Å². The maximum Gasteiger partial charge on any atom is 0.137 e. The largest absolute Gasteiger partial charge is 0.313 e. The molecule has 2 aromatic heterocycles. The van der Waals surface area contributed by atoms with Gasteiger partial charge < -0.3 is 4.57 Å². The lowest BCUT2D eigenvalue weighted by Crippen LogP contribution is -2.34. The minimum absolute atomic E-state index is 0.477. The molecule has 0 radical (unpaired) electrons. The molecule has 0 spiro atoms. The third-order valence-corrected chi connectivity index (χ3v) is 5.53. The van der Waals surface area contributed by atoms with Crippen LogP contribution in [0.4, 0.5) is 0 Å². The molecule has 0 unspecified atom stereocenters. The maximum atomic E-state index is 4.46. The van der Waals surface area contributed by atoms with Crippen LogP contribution in [-0.4, -0.2) is 32.8 Å². The van der Waals surface area contributed by atoms with Gasteiger partial charge in [-0.3, -0.25) is 4.90 Å². The van der Waals surface area contributed by atoms with E-state index in [0.717, 1.165) is 25.5 Å². The van der Waals surface area contributed by atoms with Crippen molar-refractivity contribution in [3.63, 3.8) is 0 Å². The molecular formula is C19H22N4S. The number of likely N-dealkylation sites (tertiary alicyclic amines) is 1. The summed E-state index contributed by atoms with van der Waals surface area (Å²) in [6.07, 6.45) is 4.31. The Kier molecular flexibility index (Phi) is 4.71. The lowest BCUT2D eigenvalue weighted by Gasteiger charge is -2.32. The Morgan fingerprint density at radius 2 is 2.00 bits per heavy atom. The second kappa shape index (κ2) is 7.28. The van der Waals surface area contributed by atoms with E-state index in [9.17, 15) is 0 Å². The normalized spacial score (nSPS) is 18.8. The Morgan fingerprint density at radius 1 is 1.08 bits per heavy atom. The zero-order chi connectivity index (χ0) is 16.2. The highest BCUT2D eigenvalue weighted by atomic mass is 32.1. The molecular weight excluding hydrogens is 316 g/mol. The number of benzene rings is 1. The minimum Gasteiger partial charge on any atom is -0.313 e. The molecule has 3 heterocycles. The van der Waals surface area contributed by atoms with Crippen molar-refractivity contribution >= 4 is 11.3 Å². The summed E-state index contributed by atoms with van der Waals surface area (Å²) in [5, 5.41) is 10.8. The summed E-state index contributed by atoms with van der Waals surface area (Å²) < 4.78 is 2.22. The Balaban J connectivity index is 1.46. The van der Waals surface area contributed by atoms with Gasteiger partial charge >= 0.3 is 0 Å². The van der Waals surface area contributed by atoms with Gasteiger partial charge in [0.15, 0.2) is 0 Å². The monoisotopic (exact) mass is 338 g/mol. The summed E-state index contributed by atoms with van der Waals surface area (Å²) in [6.45, 7) is 4.16. The Morgan fingerprint density at radius 3 is 2.83 bits per heavy atom. The fourth-order valence-electron chi connectivity index (χ4n) is 3.51. The fraction of sp³-hybridized carbons (Fsp3) is 0.368. The van der Waals surface area contributed by atoms with E-state index in [1.54, 1.807) is 0 Å². The van der Waals surface area contributed by atoms with Crippen LogP contribution in [0.15, 0.2) is 54.2 Å². The summed E-state index contributed by atoms with van der Waals surface area (Å²) in [5.41, 5.74) is 1.30. The smallest absolute Gasteiger partial charge is 0.137 e. The molecule has 1 aliphatic heterocycles. The van der Waals surface area contributed by atoms with Crippen molar-refractivity contribution in [1.29, 1.82) is 0 Å². The molecule has 4 nitrogen and oxygen atoms in total. The van der Waals surface area contributed by atoms with Crippen LogP contribution in [0, 0.1) is 0 Å². The zero-order valence-electron chi connectivity index (χ0n) is 13.7. The molecule has 0 bridgehead atoms. The van der Waals surface area contributed by atoms with Gasteiger partial charge in [0.1, 0.15) is 12.2 Å². The van der Waals surface area contributed by atoms with Gasteiger partial charge in [0, 0.05) is 23.9 Å². The van der Waals surface area contributed by atoms with E-state index < -0.39 is 0 Å². The molecule has 1 atom stereocenters. The van der Waals surface area contributed by atoms with Crippen molar-refractivity contribution in [1.82, 2.24) is 19.7 Å². The zero-order valence-corrected chi connectivity index (χ0v) is 14.5. The third-order valence-electron chi connectivity index (χ3n) is 4.67. The molecule has 24 heavy (non-hydrogen) atoms. The standard InChI is InChI=1S/C19H22N4S/c1-2-6-16(7-3-1)12-23-15-20-21-19(23)17-8-4-10-22(13-17)14-18-9-5-11-24-18/h1-3,5-7,9,11,15,17H,4,8,10,12-14H2/t17-/m0/s1. The van der Waals surface area contributed by atoms with Gasteiger partial charge in [-0.05, 0) is 36.4 Å². The van der Waals surface area contributed by atoms with Crippen LogP contribution in [-0.2, 0) is 13.1 Å². The molecule has 5 heteroatoms. The van der Waals surface area contributed by atoms with E-state index in [2.05, 4.69) is 67.5 Å². The average Bonchev–Trinajstić information content (AvgIpc) is 3.28. The quantitative estimate of drug-likeness (QED) is 0.710. The van der Waals surface area contributed by atoms with Crippen molar-refractivity contribution < 1.29 is 0 Å². The van der Waals surface area contributed by atoms with Crippen molar-refractivity contribution in [3.05, 3.63) is 70.4 Å². The summed E-state index contributed by atoms with van der Waals surface area (Å²) in [7, 11) is 0. The molecule has 4 rings (SSSR count). The number of hydrogen-bond donors (Lipinski definition) is 0. The van der Waals surface area contributed by atoms with Gasteiger partial charge in [-0.2, -0.15) is 0 Å². The predicted molar refractivity (Wildman–Crippen MR) is 97.1 cm³/mol. The number of piperidine rings is 1. The first-order valence-corrected chi connectivity index (χ1v) is 9.43. The Labute approximate surface area is 146 Å². The van der Waals surface area contributed by atoms with Crippen molar-refractivity contribution in [3.8, 4) is 0 Å². The second-order valence-electron chi connectivity index (χ2n) is 6.46. The maximum absolute atomic E-state index is 4.46. The Hall–Kier alpha value is -1.98. The summed E-state index contributed by atoms with van der Waals surface area (Å²) >= 11 is 1.85. The van der Waals surface area contributed by atoms with Gasteiger partial charge in [-0.25, -0.2) is 0 Å². The highest BCUT2D eigenvalue weighted by molar-refractivity contribution is 7.09. The molecule has 3 aromatic rings. The summed E-state index contributed by atoms with van der Waals surface area (Å²) in [4.78, 5) is 4.00. The first-order valence-electron chi connectivity index (χ1n) is 8.55. The third kappa shape index (κ3) is 3.57. The van der Waals surface area contributed by atoms with Crippen molar-refractivity contribution in [2.45, 2.75) is 31.8 Å². The highest BCUT2D eigenvalue weighted by Crippen LogP contribution is 2.27. The molecule has 0 N–H and O–H groups in total. The number of aromatic nitrogens is 3. The van der Waals surface area contributed by atoms with Gasteiger partial charge in [0.25, 0.3) is 0 Å². The first kappa shape index (κ1) is 15.5. The summed E-state index contributed by atoms with van der Waals surface area (Å²) in [6, 6.07) is 14.9. The molecule has 124 valence electrons. The molecule has 1 saturated heterocycles. The van der Waals surface area contributed by atoms with E-state index in [-0.39, 0.29) is 0 Å². The lowest BCUT2D eigenvalue weighted by molar-refractivity contribution is 0.196. The van der Waals surface area contributed by atoms with Gasteiger partial charge in [-0.15, -0.1) is 21.5 Å². The predicted octanol–water partition coefficient (Wildman–Crippen LogP) is 3.77. The second-order valence-corrected chi connectivity index (χ2v) is 7.49. The molecule has 0 amide bonds. The molecule has 1 fully saturated rings. The van der Waals surface area contributed by atoms with Crippen LogP contribution in [0.25, 0.3) is 0 Å². The lowest BCUT2D eigenvalue weighted by atomic mass is 9.97. The van der Waals surface area contributed by atoms with E-state index in [4.69, 9.17) is 0 Å². The van der Waals surface area contributed by atoms with Crippen LogP contribution in [0.2, 0.25) is 0 Å². The van der Waals surface area contributed by atoms with E-state index >= 15 is 0 Å². The number of rotatable bonds is 5. The Bertz CT molecular complexity index is 751. The molecule has 1 aliphatic rings. The van der Waals surface area contributed by atoms with Crippen LogP contribution in [0.1, 0.15) is 35.0 Å². The van der Waals surface area contributed by atoms with Crippen LogP contribution in [0.3, 0.4) is 0 Å². The van der Waals surface area contributed by atoms with E-state index in [1.165, 1.54) is 29.8 Å². The highest BCUT2D eigenvalue weighted by Gasteiger charge is 2.25. The molecule has 0 saturated carbocycles. The topological polar surface area (TPSA) is 34.0 Å². The van der Waals surface area contributed by atoms with Gasteiger partial charge in [-0.1, -0.05) is 36.4 Å². The molecule has 1 aromatic carbocycles. The number of thiophene rings is 1. The minimum atomic E-state index is 0.477.